The molecule has 0 aromatic rings. The molecule has 0 bridgehead atoms. The van der Waals surface area contributed by atoms with Crippen LogP contribution in [-0.4, -0.2) is 6.54 Å². The molecule has 1 nitrogen and oxygen atoms in total. The Balaban J connectivity index is 2.12. The van der Waals surface area contributed by atoms with Gasteiger partial charge < -0.3 is 5.73 Å². The van der Waals surface area contributed by atoms with Gasteiger partial charge in [-0.15, -0.1) is 0 Å². The molecule has 1 fully saturated rings. The lowest BCUT2D eigenvalue weighted by atomic mass is 9.91. The second-order valence-electron chi connectivity index (χ2n) is 4.18. The highest BCUT2D eigenvalue weighted by Gasteiger charge is 2.24. The van der Waals surface area contributed by atoms with Gasteiger partial charge in [-0.2, -0.15) is 0 Å². The minimum Gasteiger partial charge on any atom is -0.330 e. The molecule has 0 amide bonds. The van der Waals surface area contributed by atoms with E-state index in [2.05, 4.69) is 6.92 Å². The van der Waals surface area contributed by atoms with Gasteiger partial charge in [-0.05, 0) is 24.8 Å². The first-order valence-corrected chi connectivity index (χ1v) is 5.58. The quantitative estimate of drug-likeness (QED) is 0.629. The van der Waals surface area contributed by atoms with Gasteiger partial charge in [-0.1, -0.05) is 45.4 Å². The summed E-state index contributed by atoms with van der Waals surface area (Å²) < 4.78 is 0. The summed E-state index contributed by atoms with van der Waals surface area (Å²) in [5.41, 5.74) is 5.73. The van der Waals surface area contributed by atoms with Crippen molar-refractivity contribution in [2.45, 2.75) is 51.9 Å². The summed E-state index contributed by atoms with van der Waals surface area (Å²) in [5, 5.41) is 0. The van der Waals surface area contributed by atoms with Crippen molar-refractivity contribution in [1.29, 1.82) is 0 Å². The van der Waals surface area contributed by atoms with Crippen molar-refractivity contribution >= 4 is 0 Å². The van der Waals surface area contributed by atoms with Crippen molar-refractivity contribution in [2.75, 3.05) is 6.54 Å². The first-order chi connectivity index (χ1) is 5.88. The van der Waals surface area contributed by atoms with Crippen LogP contribution in [0.2, 0.25) is 0 Å². The van der Waals surface area contributed by atoms with Crippen LogP contribution in [0.25, 0.3) is 0 Å². The van der Waals surface area contributed by atoms with Gasteiger partial charge >= 0.3 is 0 Å². The molecule has 2 atom stereocenters. The zero-order valence-corrected chi connectivity index (χ0v) is 8.39. The van der Waals surface area contributed by atoms with E-state index in [9.17, 15) is 0 Å². The largest absolute Gasteiger partial charge is 0.330 e. The van der Waals surface area contributed by atoms with E-state index in [0.717, 1.165) is 18.4 Å². The number of unbranched alkanes of at least 4 members (excludes halogenated alkanes) is 2. The summed E-state index contributed by atoms with van der Waals surface area (Å²) in [6.45, 7) is 3.20. The summed E-state index contributed by atoms with van der Waals surface area (Å²) in [7, 11) is 0. The molecule has 2 unspecified atom stereocenters. The molecule has 72 valence electrons. The third-order valence-corrected chi connectivity index (χ3v) is 3.30. The van der Waals surface area contributed by atoms with E-state index in [1.54, 1.807) is 0 Å². The molecule has 0 radical (unpaired) electrons. The van der Waals surface area contributed by atoms with Crippen molar-refractivity contribution in [2.24, 2.45) is 17.6 Å². The molecule has 1 saturated carbocycles. The molecule has 12 heavy (non-hydrogen) atoms. The summed E-state index contributed by atoms with van der Waals surface area (Å²) in [6.07, 6.45) is 9.90. The van der Waals surface area contributed by atoms with Crippen LogP contribution in [0.3, 0.4) is 0 Å². The summed E-state index contributed by atoms with van der Waals surface area (Å²) in [5.74, 6) is 1.84. The van der Waals surface area contributed by atoms with Gasteiger partial charge in [-0.25, -0.2) is 0 Å². The van der Waals surface area contributed by atoms with Gasteiger partial charge in [0.1, 0.15) is 0 Å². The molecule has 0 aromatic heterocycles. The molecule has 0 aliphatic heterocycles. The molecule has 1 aliphatic carbocycles. The van der Waals surface area contributed by atoms with Gasteiger partial charge in [0, 0.05) is 0 Å². The fourth-order valence-corrected chi connectivity index (χ4v) is 2.46. The monoisotopic (exact) mass is 169 g/mol. The first-order valence-electron chi connectivity index (χ1n) is 5.58. The summed E-state index contributed by atoms with van der Waals surface area (Å²) in [4.78, 5) is 0. The minimum atomic E-state index is 0.863. The third-order valence-electron chi connectivity index (χ3n) is 3.30. The lowest BCUT2D eigenvalue weighted by Gasteiger charge is -2.16. The average Bonchev–Trinajstić information content (AvgIpc) is 2.52. The van der Waals surface area contributed by atoms with E-state index in [4.69, 9.17) is 5.73 Å². The Morgan fingerprint density at radius 2 is 1.92 bits per heavy atom. The van der Waals surface area contributed by atoms with Crippen LogP contribution in [0.4, 0.5) is 0 Å². The molecule has 0 heterocycles. The molecule has 1 aliphatic rings. The molecule has 1 rings (SSSR count). The van der Waals surface area contributed by atoms with Gasteiger partial charge in [0.15, 0.2) is 0 Å². The minimum absolute atomic E-state index is 0.863. The number of nitrogens with two attached hydrogens (primary N) is 1. The van der Waals surface area contributed by atoms with Crippen molar-refractivity contribution < 1.29 is 0 Å². The second-order valence-corrected chi connectivity index (χ2v) is 4.18. The van der Waals surface area contributed by atoms with Crippen LogP contribution in [0.5, 0.6) is 0 Å². The van der Waals surface area contributed by atoms with E-state index < -0.39 is 0 Å². The maximum absolute atomic E-state index is 5.73. The summed E-state index contributed by atoms with van der Waals surface area (Å²) in [6, 6.07) is 0. The molecular formula is C11H23N. The van der Waals surface area contributed by atoms with Crippen molar-refractivity contribution in [1.82, 2.24) is 0 Å². The lowest BCUT2D eigenvalue weighted by Crippen LogP contribution is -2.18. The topological polar surface area (TPSA) is 26.0 Å². The third kappa shape index (κ3) is 2.78. The lowest BCUT2D eigenvalue weighted by molar-refractivity contribution is 0.359. The highest BCUT2D eigenvalue weighted by Crippen LogP contribution is 2.34. The Bertz CT molecular complexity index is 112. The normalized spacial score (nSPS) is 29.5. The summed E-state index contributed by atoms with van der Waals surface area (Å²) >= 11 is 0. The van der Waals surface area contributed by atoms with E-state index >= 15 is 0 Å². The van der Waals surface area contributed by atoms with Crippen molar-refractivity contribution in [3.8, 4) is 0 Å². The molecule has 0 aromatic carbocycles. The van der Waals surface area contributed by atoms with Crippen LogP contribution < -0.4 is 5.73 Å². The van der Waals surface area contributed by atoms with Crippen molar-refractivity contribution in [3.63, 3.8) is 0 Å². The zero-order valence-electron chi connectivity index (χ0n) is 8.39. The van der Waals surface area contributed by atoms with Crippen LogP contribution in [0, 0.1) is 11.8 Å². The van der Waals surface area contributed by atoms with Gasteiger partial charge in [-0.3, -0.25) is 0 Å². The number of rotatable bonds is 5. The SMILES string of the molecule is CCCCCC1CCCC1CN. The Morgan fingerprint density at radius 1 is 1.17 bits per heavy atom. The number of hydrogen-bond donors (Lipinski definition) is 1. The second kappa shape index (κ2) is 5.58. The first kappa shape index (κ1) is 10.0. The average molecular weight is 169 g/mol. The fraction of sp³-hybridized carbons (Fsp3) is 1.00. The maximum atomic E-state index is 5.73. The zero-order chi connectivity index (χ0) is 8.81. The van der Waals surface area contributed by atoms with Gasteiger partial charge in [0.05, 0.1) is 0 Å². The Hall–Kier alpha value is -0.0400. The Labute approximate surface area is 76.7 Å². The predicted molar refractivity (Wildman–Crippen MR) is 54.0 cm³/mol. The highest BCUT2D eigenvalue weighted by molar-refractivity contribution is 4.77. The van der Waals surface area contributed by atoms with Crippen LogP contribution in [-0.2, 0) is 0 Å². The van der Waals surface area contributed by atoms with E-state index in [-0.39, 0.29) is 0 Å². The van der Waals surface area contributed by atoms with E-state index in [1.165, 1.54) is 44.9 Å². The van der Waals surface area contributed by atoms with Crippen molar-refractivity contribution in [3.05, 3.63) is 0 Å². The molecule has 1 heteroatoms. The standard InChI is InChI=1S/C11H23N/c1-2-3-4-6-10-7-5-8-11(10)9-12/h10-11H,2-9,12H2,1H3. The number of hydrogen-bond acceptors (Lipinski definition) is 1. The molecule has 0 saturated heterocycles. The predicted octanol–water partition coefficient (Wildman–Crippen LogP) is 2.94. The van der Waals surface area contributed by atoms with E-state index in [0.29, 0.717) is 0 Å². The Kier molecular flexibility index (Phi) is 4.67. The maximum Gasteiger partial charge on any atom is -0.00462 e. The fourth-order valence-electron chi connectivity index (χ4n) is 2.46. The van der Waals surface area contributed by atoms with Crippen LogP contribution in [0.15, 0.2) is 0 Å². The molecular weight excluding hydrogens is 146 g/mol. The van der Waals surface area contributed by atoms with Crippen LogP contribution in [0.1, 0.15) is 51.9 Å². The molecule has 2 N–H and O–H groups in total. The van der Waals surface area contributed by atoms with Crippen LogP contribution >= 0.6 is 0 Å². The van der Waals surface area contributed by atoms with Gasteiger partial charge in [0.25, 0.3) is 0 Å². The smallest absolute Gasteiger partial charge is 0.00462 e. The molecule has 0 spiro atoms. The highest BCUT2D eigenvalue weighted by atomic mass is 14.6. The van der Waals surface area contributed by atoms with Gasteiger partial charge in [0.2, 0.25) is 0 Å². The Morgan fingerprint density at radius 3 is 2.58 bits per heavy atom. The van der Waals surface area contributed by atoms with E-state index in [1.807, 2.05) is 0 Å².